The van der Waals surface area contributed by atoms with Crippen LogP contribution in [0.5, 0.6) is 34.5 Å². The number of hydrogen-bond donors (Lipinski definition) is 0. The Morgan fingerprint density at radius 3 is 1.83 bits per heavy atom. The molecule has 1 aromatic heterocycles. The van der Waals surface area contributed by atoms with Crippen molar-refractivity contribution in [2.24, 2.45) is 0 Å². The molecule has 0 radical (unpaired) electrons. The van der Waals surface area contributed by atoms with Gasteiger partial charge in [0.15, 0.2) is 23.0 Å². The predicted octanol–water partition coefficient (Wildman–Crippen LogP) is 4.28. The van der Waals surface area contributed by atoms with E-state index in [0.717, 1.165) is 33.2 Å². The lowest BCUT2D eigenvalue weighted by molar-refractivity contribution is 0.325. The molecule has 0 bridgehead atoms. The number of aromatic nitrogens is 1. The van der Waals surface area contributed by atoms with Crippen LogP contribution in [0.15, 0.2) is 18.3 Å². The number of halogens is 1. The molecule has 0 unspecified atom stereocenters. The van der Waals surface area contributed by atoms with E-state index in [4.69, 9.17) is 33.4 Å². The van der Waals surface area contributed by atoms with Crippen LogP contribution >= 0.6 is 12.4 Å². The third kappa shape index (κ3) is 2.92. The Morgan fingerprint density at radius 2 is 1.27 bits per heavy atom. The number of nitrogens with zero attached hydrogens (tertiary/aromatic N) is 1. The number of fused-ring (bicyclic) bond motifs is 5. The molecule has 1 heterocycles. The van der Waals surface area contributed by atoms with Crippen molar-refractivity contribution in [3.63, 3.8) is 0 Å². The van der Waals surface area contributed by atoms with Gasteiger partial charge in [-0.1, -0.05) is 0 Å². The second kappa shape index (κ2) is 8.36. The molecular weight excluding hydrogens is 410 g/mol. The predicted molar refractivity (Wildman–Crippen MR) is 117 cm³/mol. The number of methoxy groups -OCH3 is 6. The van der Waals surface area contributed by atoms with Crippen LogP contribution in [-0.4, -0.2) is 47.6 Å². The van der Waals surface area contributed by atoms with Crippen molar-refractivity contribution in [3.05, 3.63) is 29.5 Å². The SMILES string of the molecule is COc1cc2c(c(OC)c1OC)-c1ncc3cc(OC)c(OC)c(OC)c3c1C2.Cl. The maximum absolute atomic E-state index is 5.75. The van der Waals surface area contributed by atoms with Crippen molar-refractivity contribution >= 4 is 23.2 Å². The molecular formula is C22H24ClNO6. The smallest absolute Gasteiger partial charge is 0.204 e. The van der Waals surface area contributed by atoms with Gasteiger partial charge in [-0.15, -0.1) is 12.4 Å². The molecule has 30 heavy (non-hydrogen) atoms. The molecule has 8 heteroatoms. The van der Waals surface area contributed by atoms with Gasteiger partial charge in [0.25, 0.3) is 0 Å². The summed E-state index contributed by atoms with van der Waals surface area (Å²) >= 11 is 0. The van der Waals surface area contributed by atoms with Gasteiger partial charge in [-0.3, -0.25) is 4.98 Å². The van der Waals surface area contributed by atoms with Crippen LogP contribution in [0.25, 0.3) is 22.0 Å². The molecule has 3 aromatic rings. The van der Waals surface area contributed by atoms with Crippen LogP contribution < -0.4 is 28.4 Å². The van der Waals surface area contributed by atoms with Gasteiger partial charge in [0.05, 0.1) is 53.9 Å². The minimum absolute atomic E-state index is 0. The second-order valence-electron chi connectivity index (χ2n) is 6.55. The molecule has 4 rings (SSSR count). The van der Waals surface area contributed by atoms with Crippen LogP contribution in [0, 0.1) is 0 Å². The average molecular weight is 434 g/mol. The summed E-state index contributed by atoms with van der Waals surface area (Å²) in [5.41, 5.74) is 3.81. The summed E-state index contributed by atoms with van der Waals surface area (Å²) in [7, 11) is 9.64. The van der Waals surface area contributed by atoms with Crippen LogP contribution in [0.4, 0.5) is 0 Å². The van der Waals surface area contributed by atoms with E-state index in [2.05, 4.69) is 0 Å². The molecule has 2 aromatic carbocycles. The third-order valence-corrected chi connectivity index (χ3v) is 5.30. The molecule has 0 spiro atoms. The molecule has 1 aliphatic carbocycles. The van der Waals surface area contributed by atoms with Gasteiger partial charge in [-0.2, -0.15) is 0 Å². The van der Waals surface area contributed by atoms with Crippen molar-refractivity contribution in [2.75, 3.05) is 42.7 Å². The van der Waals surface area contributed by atoms with Gasteiger partial charge in [-0.05, 0) is 23.3 Å². The molecule has 0 amide bonds. The van der Waals surface area contributed by atoms with E-state index in [0.29, 0.717) is 40.9 Å². The highest BCUT2D eigenvalue weighted by atomic mass is 35.5. The van der Waals surface area contributed by atoms with Gasteiger partial charge in [0.2, 0.25) is 11.5 Å². The fourth-order valence-corrected chi connectivity index (χ4v) is 4.10. The Hall–Kier alpha value is -3.06. The van der Waals surface area contributed by atoms with Gasteiger partial charge in [0, 0.05) is 23.4 Å². The first kappa shape index (κ1) is 21.6. The number of hydrogen-bond acceptors (Lipinski definition) is 7. The Bertz CT molecular complexity index is 1120. The minimum atomic E-state index is 0. The van der Waals surface area contributed by atoms with Gasteiger partial charge in [0.1, 0.15) is 0 Å². The zero-order valence-corrected chi connectivity index (χ0v) is 18.6. The molecule has 0 atom stereocenters. The Morgan fingerprint density at radius 1 is 0.700 bits per heavy atom. The normalized spacial score (nSPS) is 11.3. The standard InChI is InChI=1S/C22H23NO6.ClH/c1-24-14-8-11-7-13-16-12(9-15(25-2)19(26-3)21(16)28-5)10-23-18(13)17(11)22(29-6)20(14)27-4;/h8-10H,7H2,1-6H3;1H. The molecule has 160 valence electrons. The molecule has 0 fully saturated rings. The van der Waals surface area contributed by atoms with Gasteiger partial charge in [-0.25, -0.2) is 0 Å². The Kier molecular flexibility index (Phi) is 6.03. The Labute approximate surface area is 181 Å². The van der Waals surface area contributed by atoms with E-state index in [1.165, 1.54) is 0 Å². The minimum Gasteiger partial charge on any atom is -0.493 e. The molecule has 0 saturated heterocycles. The van der Waals surface area contributed by atoms with Crippen LogP contribution in [-0.2, 0) is 6.42 Å². The highest BCUT2D eigenvalue weighted by Gasteiger charge is 2.32. The molecule has 0 saturated carbocycles. The fraction of sp³-hybridized carbons (Fsp3) is 0.318. The number of rotatable bonds is 6. The van der Waals surface area contributed by atoms with Crippen LogP contribution in [0.2, 0.25) is 0 Å². The fourth-order valence-electron chi connectivity index (χ4n) is 4.10. The van der Waals surface area contributed by atoms with Crippen molar-refractivity contribution in [1.82, 2.24) is 4.98 Å². The summed E-state index contributed by atoms with van der Waals surface area (Å²) in [6.45, 7) is 0. The summed E-state index contributed by atoms with van der Waals surface area (Å²) in [6, 6.07) is 3.88. The van der Waals surface area contributed by atoms with Crippen molar-refractivity contribution in [2.45, 2.75) is 6.42 Å². The monoisotopic (exact) mass is 433 g/mol. The van der Waals surface area contributed by atoms with Gasteiger partial charge < -0.3 is 28.4 Å². The maximum atomic E-state index is 5.75. The first-order valence-electron chi connectivity index (χ1n) is 9.06. The number of pyridine rings is 1. The van der Waals surface area contributed by atoms with E-state index in [1.54, 1.807) is 42.7 Å². The maximum Gasteiger partial charge on any atom is 0.204 e. The highest BCUT2D eigenvalue weighted by molar-refractivity contribution is 6.01. The topological polar surface area (TPSA) is 68.3 Å². The van der Waals surface area contributed by atoms with E-state index < -0.39 is 0 Å². The molecule has 0 N–H and O–H groups in total. The molecule has 7 nitrogen and oxygen atoms in total. The van der Waals surface area contributed by atoms with Crippen molar-refractivity contribution < 1.29 is 28.4 Å². The number of ether oxygens (including phenoxy) is 6. The first-order chi connectivity index (χ1) is 14.1. The lowest BCUT2D eigenvalue weighted by Crippen LogP contribution is -1.99. The van der Waals surface area contributed by atoms with Crippen LogP contribution in [0.1, 0.15) is 11.1 Å². The average Bonchev–Trinajstić information content (AvgIpc) is 3.14. The van der Waals surface area contributed by atoms with Crippen molar-refractivity contribution in [3.8, 4) is 45.8 Å². The quantitative estimate of drug-likeness (QED) is 0.449. The zero-order valence-electron chi connectivity index (χ0n) is 17.7. The lowest BCUT2D eigenvalue weighted by atomic mass is 10.0. The van der Waals surface area contributed by atoms with E-state index in [1.807, 2.05) is 18.3 Å². The lowest BCUT2D eigenvalue weighted by Gasteiger charge is -2.17. The Balaban J connectivity index is 0.00000256. The third-order valence-electron chi connectivity index (χ3n) is 5.30. The summed E-state index contributed by atoms with van der Waals surface area (Å²) in [5.74, 6) is 3.52. The van der Waals surface area contributed by atoms with E-state index >= 15 is 0 Å². The first-order valence-corrected chi connectivity index (χ1v) is 9.06. The summed E-state index contributed by atoms with van der Waals surface area (Å²) in [4.78, 5) is 4.75. The summed E-state index contributed by atoms with van der Waals surface area (Å²) in [6.07, 6.45) is 2.46. The van der Waals surface area contributed by atoms with Crippen molar-refractivity contribution in [1.29, 1.82) is 0 Å². The van der Waals surface area contributed by atoms with Gasteiger partial charge >= 0.3 is 0 Å². The highest BCUT2D eigenvalue weighted by Crippen LogP contribution is 2.54. The second-order valence-corrected chi connectivity index (χ2v) is 6.55. The molecule has 1 aliphatic rings. The zero-order chi connectivity index (χ0) is 20.7. The van der Waals surface area contributed by atoms with E-state index in [-0.39, 0.29) is 12.4 Å². The largest absolute Gasteiger partial charge is 0.493 e. The summed E-state index contributed by atoms with van der Waals surface area (Å²) < 4.78 is 33.6. The summed E-state index contributed by atoms with van der Waals surface area (Å²) in [5, 5.41) is 1.84. The molecule has 0 aliphatic heterocycles. The van der Waals surface area contributed by atoms with Crippen LogP contribution in [0.3, 0.4) is 0 Å². The number of benzene rings is 2. The van der Waals surface area contributed by atoms with E-state index in [9.17, 15) is 0 Å².